The molecule has 2 aromatic carbocycles. The van der Waals surface area contributed by atoms with Gasteiger partial charge in [-0.05, 0) is 74.3 Å². The number of fused-ring (bicyclic) bond motifs is 1. The number of amides is 3. The van der Waals surface area contributed by atoms with Gasteiger partial charge in [-0.2, -0.15) is 0 Å². The van der Waals surface area contributed by atoms with Gasteiger partial charge in [0.2, 0.25) is 17.7 Å². The number of hydrogen-bond donors (Lipinski definition) is 3. The molecule has 3 aliphatic rings. The average molecular weight is 635 g/mol. The number of epoxide rings is 1. The molecule has 248 valence electrons. The highest BCUT2D eigenvalue weighted by Gasteiger charge is 2.50. The lowest BCUT2D eigenvalue weighted by Gasteiger charge is -2.31. The van der Waals surface area contributed by atoms with Gasteiger partial charge in [0.25, 0.3) is 0 Å². The number of Topliss-reactive ketones (excluding diaryl/α,β-unsaturated/α-hetero) is 1. The number of carbonyl (C=O) groups is 4. The Morgan fingerprint density at radius 1 is 0.978 bits per heavy atom. The first-order valence-corrected chi connectivity index (χ1v) is 16.2. The molecule has 2 fully saturated rings. The van der Waals surface area contributed by atoms with Gasteiger partial charge in [0.05, 0.1) is 39.5 Å². The molecule has 3 N–H and O–H groups in total. The zero-order valence-corrected chi connectivity index (χ0v) is 27.0. The normalized spacial score (nSPS) is 22.8. The second-order valence-corrected chi connectivity index (χ2v) is 12.8. The van der Waals surface area contributed by atoms with Crippen molar-refractivity contribution in [2.45, 2.75) is 75.6 Å². The molecule has 5 atom stereocenters. The maximum atomic E-state index is 14.0. The summed E-state index contributed by atoms with van der Waals surface area (Å²) in [4.78, 5) is 55.7. The number of nitrogens with zero attached hydrogens (tertiary/aromatic N) is 1. The molecule has 0 unspecified atom stereocenters. The molecular weight excluding hydrogens is 588 g/mol. The van der Waals surface area contributed by atoms with Crippen LogP contribution < -0.4 is 20.7 Å². The number of rotatable bonds is 14. The number of carbonyl (C=O) groups excluding carboxylic acids is 4. The third-order valence-electron chi connectivity index (χ3n) is 9.22. The van der Waals surface area contributed by atoms with Crippen molar-refractivity contribution in [3.8, 4) is 5.75 Å². The Balaban J connectivity index is 1.30. The Morgan fingerprint density at radius 2 is 1.67 bits per heavy atom. The average Bonchev–Trinajstić information content (AvgIpc) is 3.82. The van der Waals surface area contributed by atoms with Gasteiger partial charge in [0.15, 0.2) is 5.78 Å². The number of methoxy groups -OCH3 is 1. The van der Waals surface area contributed by atoms with E-state index >= 15 is 0 Å². The van der Waals surface area contributed by atoms with E-state index in [4.69, 9.17) is 14.2 Å². The molecule has 5 rings (SSSR count). The summed E-state index contributed by atoms with van der Waals surface area (Å²) in [5.41, 5.74) is 2.36. The van der Waals surface area contributed by atoms with E-state index in [2.05, 4.69) is 28.1 Å². The lowest BCUT2D eigenvalue weighted by atomic mass is 9.78. The molecule has 1 aliphatic carbocycles. The molecule has 0 spiro atoms. The molecule has 0 radical (unpaired) electrons. The lowest BCUT2D eigenvalue weighted by molar-refractivity contribution is -0.134. The van der Waals surface area contributed by atoms with E-state index in [1.165, 1.54) is 11.1 Å². The zero-order chi connectivity index (χ0) is 32.7. The Hall–Kier alpha value is -3.80. The highest BCUT2D eigenvalue weighted by molar-refractivity contribution is 5.98. The van der Waals surface area contributed by atoms with Gasteiger partial charge in [-0.1, -0.05) is 36.4 Å². The summed E-state index contributed by atoms with van der Waals surface area (Å²) in [6, 6.07) is 12.9. The van der Waals surface area contributed by atoms with Gasteiger partial charge in [0.1, 0.15) is 23.4 Å². The summed E-state index contributed by atoms with van der Waals surface area (Å²) in [6.07, 6.45) is 3.54. The van der Waals surface area contributed by atoms with Crippen LogP contribution in [0.5, 0.6) is 5.75 Å². The van der Waals surface area contributed by atoms with Crippen LogP contribution in [-0.2, 0) is 41.5 Å². The summed E-state index contributed by atoms with van der Waals surface area (Å²) >= 11 is 0. The first-order chi connectivity index (χ1) is 22.1. The number of benzene rings is 2. The van der Waals surface area contributed by atoms with E-state index in [-0.39, 0.29) is 30.6 Å². The van der Waals surface area contributed by atoms with Gasteiger partial charge in [-0.15, -0.1) is 0 Å². The smallest absolute Gasteiger partial charge is 0.243 e. The van der Waals surface area contributed by atoms with Crippen LogP contribution >= 0.6 is 0 Å². The quantitative estimate of drug-likeness (QED) is 0.268. The summed E-state index contributed by atoms with van der Waals surface area (Å²) < 4.78 is 16.1. The van der Waals surface area contributed by atoms with Crippen molar-refractivity contribution in [3.05, 3.63) is 65.2 Å². The molecule has 0 aromatic heterocycles. The predicted molar refractivity (Wildman–Crippen MR) is 172 cm³/mol. The fraction of sp³-hybridized carbons (Fsp3) is 0.543. The monoisotopic (exact) mass is 634 g/mol. The van der Waals surface area contributed by atoms with Crippen molar-refractivity contribution in [3.63, 3.8) is 0 Å². The van der Waals surface area contributed by atoms with Crippen LogP contribution in [0.25, 0.3) is 0 Å². The highest BCUT2D eigenvalue weighted by Crippen LogP contribution is 2.37. The summed E-state index contributed by atoms with van der Waals surface area (Å²) in [7, 11) is 1.58. The van der Waals surface area contributed by atoms with Crippen LogP contribution in [0.15, 0.2) is 48.5 Å². The maximum absolute atomic E-state index is 14.0. The second-order valence-electron chi connectivity index (χ2n) is 12.8. The maximum Gasteiger partial charge on any atom is 0.243 e. The molecule has 11 heteroatoms. The van der Waals surface area contributed by atoms with E-state index in [9.17, 15) is 19.2 Å². The number of nitrogens with one attached hydrogen (secondary N) is 3. The molecule has 11 nitrogen and oxygen atoms in total. The van der Waals surface area contributed by atoms with Gasteiger partial charge in [-0.3, -0.25) is 24.1 Å². The summed E-state index contributed by atoms with van der Waals surface area (Å²) in [5, 5.41) is 8.61. The van der Waals surface area contributed by atoms with Gasteiger partial charge in [0, 0.05) is 19.5 Å². The molecule has 46 heavy (non-hydrogen) atoms. The van der Waals surface area contributed by atoms with Crippen molar-refractivity contribution < 1.29 is 33.4 Å². The first-order valence-electron chi connectivity index (χ1n) is 16.2. The van der Waals surface area contributed by atoms with Crippen LogP contribution in [-0.4, -0.2) is 98.7 Å². The number of aryl methyl sites for hydroxylation is 1. The Bertz CT molecular complexity index is 1390. The minimum absolute atomic E-state index is 0.109. The van der Waals surface area contributed by atoms with Crippen LogP contribution in [0.4, 0.5) is 0 Å². The Kier molecular flexibility index (Phi) is 11.1. The predicted octanol–water partition coefficient (Wildman–Crippen LogP) is 1.91. The lowest BCUT2D eigenvalue weighted by Crippen LogP contribution is -2.57. The van der Waals surface area contributed by atoms with Crippen molar-refractivity contribution in [1.82, 2.24) is 20.9 Å². The van der Waals surface area contributed by atoms with Gasteiger partial charge < -0.3 is 30.2 Å². The number of ether oxygens (including phenoxy) is 3. The van der Waals surface area contributed by atoms with E-state index in [0.29, 0.717) is 45.1 Å². The number of hydrogen-bond acceptors (Lipinski definition) is 8. The van der Waals surface area contributed by atoms with E-state index in [1.54, 1.807) is 33.1 Å². The molecule has 0 bridgehead atoms. The SMILES string of the molecule is COc1ccc(C[C@H](NC(=O)[C@H](C)NC(=O)CN2CCOCC2)C(=O)N[C@@H](C[C@@H]2CCCc3ccccc32)C(=O)[C@@]2(C)CO2)cc1. The second kappa shape index (κ2) is 15.2. The number of morpholine rings is 1. The van der Waals surface area contributed by atoms with Crippen molar-refractivity contribution in [1.29, 1.82) is 0 Å². The van der Waals surface area contributed by atoms with Crippen molar-refractivity contribution >= 4 is 23.5 Å². The van der Waals surface area contributed by atoms with Crippen molar-refractivity contribution in [2.24, 2.45) is 0 Å². The molecule has 0 saturated carbocycles. The van der Waals surface area contributed by atoms with E-state index in [1.807, 2.05) is 29.2 Å². The van der Waals surface area contributed by atoms with Crippen LogP contribution in [0.1, 0.15) is 55.7 Å². The summed E-state index contributed by atoms with van der Waals surface area (Å²) in [6.45, 7) is 6.23. The van der Waals surface area contributed by atoms with Crippen molar-refractivity contribution in [2.75, 3.05) is 46.6 Å². The summed E-state index contributed by atoms with van der Waals surface area (Å²) in [5.74, 6) is -0.633. The number of ketones is 1. The zero-order valence-electron chi connectivity index (χ0n) is 27.0. The fourth-order valence-electron chi connectivity index (χ4n) is 6.33. The minimum Gasteiger partial charge on any atom is -0.497 e. The molecule has 2 aromatic rings. The molecule has 2 heterocycles. The fourth-order valence-corrected chi connectivity index (χ4v) is 6.33. The molecule has 2 saturated heterocycles. The van der Waals surface area contributed by atoms with Gasteiger partial charge in [-0.25, -0.2) is 0 Å². The first kappa shape index (κ1) is 33.6. The third kappa shape index (κ3) is 8.71. The standard InChI is InChI=1S/C35H46N4O7/c1-23(36-31(40)21-39-15-17-45-18-16-39)33(42)38-30(19-24-11-13-27(44-3)14-12-24)34(43)37-29(32(41)35(2)22-46-35)20-26-9-6-8-25-7-4-5-10-28(25)26/h4-5,7,10-14,23,26,29-30H,6,8-9,15-22H2,1-3H3,(H,36,40)(H,37,43)(H,38,42)/t23-,26-,29-,30-,35+/m0/s1. The topological polar surface area (TPSA) is 139 Å². The molecule has 2 aliphatic heterocycles. The van der Waals surface area contributed by atoms with Crippen LogP contribution in [0, 0.1) is 0 Å². The third-order valence-corrected chi connectivity index (χ3v) is 9.22. The largest absolute Gasteiger partial charge is 0.497 e. The van der Waals surface area contributed by atoms with E-state index < -0.39 is 35.5 Å². The van der Waals surface area contributed by atoms with Crippen LogP contribution in [0.2, 0.25) is 0 Å². The van der Waals surface area contributed by atoms with E-state index in [0.717, 1.165) is 24.8 Å². The highest BCUT2D eigenvalue weighted by atomic mass is 16.6. The minimum atomic E-state index is -0.999. The Labute approximate surface area is 270 Å². The van der Waals surface area contributed by atoms with Gasteiger partial charge >= 0.3 is 0 Å². The molecular formula is C35H46N4O7. The van der Waals surface area contributed by atoms with Crippen LogP contribution in [0.3, 0.4) is 0 Å². The molecule has 3 amide bonds. The Morgan fingerprint density at radius 3 is 2.37 bits per heavy atom.